The van der Waals surface area contributed by atoms with Crippen molar-refractivity contribution in [2.24, 2.45) is 0 Å². The zero-order valence-corrected chi connectivity index (χ0v) is 15.1. The van der Waals surface area contributed by atoms with E-state index >= 15 is 0 Å². The Morgan fingerprint density at radius 2 is 1.92 bits per heavy atom. The fraction of sp³-hybridized carbons (Fsp3) is 0.188. The average molecular weight is 387 g/mol. The highest BCUT2D eigenvalue weighted by atomic mass is 35.5. The lowest BCUT2D eigenvalue weighted by atomic mass is 10.3. The van der Waals surface area contributed by atoms with Crippen molar-refractivity contribution >= 4 is 33.2 Å². The van der Waals surface area contributed by atoms with Crippen molar-refractivity contribution in [1.29, 1.82) is 0 Å². The number of rotatable bonds is 6. The zero-order valence-electron chi connectivity index (χ0n) is 13.5. The minimum absolute atomic E-state index is 0.00524. The van der Waals surface area contributed by atoms with Gasteiger partial charge in [0.05, 0.1) is 15.6 Å². The highest BCUT2D eigenvalue weighted by molar-refractivity contribution is 7.89. The number of ether oxygens (including phenoxy) is 1. The molecule has 134 valence electrons. The molecule has 0 saturated heterocycles. The van der Waals surface area contributed by atoms with E-state index in [1.54, 1.807) is 6.07 Å². The fourth-order valence-electron chi connectivity index (χ4n) is 1.86. The Bertz CT molecular complexity index is 887. The second-order valence-electron chi connectivity index (χ2n) is 5.20. The van der Waals surface area contributed by atoms with Gasteiger partial charge in [0.15, 0.2) is 6.61 Å². The summed E-state index contributed by atoms with van der Waals surface area (Å²) >= 11 is 6.01. The highest BCUT2D eigenvalue weighted by Crippen LogP contribution is 2.28. The Hall–Kier alpha value is -2.16. The second-order valence-corrected chi connectivity index (χ2v) is 7.76. The number of anilines is 1. The predicted octanol–water partition coefficient (Wildman–Crippen LogP) is 2.75. The molecule has 0 aromatic heterocycles. The fourth-order valence-corrected chi connectivity index (χ4v) is 3.09. The Kier molecular flexibility index (Phi) is 5.99. The molecule has 0 unspecified atom stereocenters. The Morgan fingerprint density at radius 3 is 2.52 bits per heavy atom. The molecule has 0 fully saturated rings. The average Bonchev–Trinajstić information content (AvgIpc) is 2.55. The maximum absolute atomic E-state index is 13.5. The van der Waals surface area contributed by atoms with Gasteiger partial charge in [-0.2, -0.15) is 0 Å². The summed E-state index contributed by atoms with van der Waals surface area (Å²) in [5, 5.41) is 2.41. The molecule has 0 radical (unpaired) electrons. The Morgan fingerprint density at radius 1 is 1.24 bits per heavy atom. The van der Waals surface area contributed by atoms with Gasteiger partial charge in [-0.25, -0.2) is 17.1 Å². The molecule has 1 N–H and O–H groups in total. The van der Waals surface area contributed by atoms with E-state index in [1.807, 2.05) is 0 Å². The van der Waals surface area contributed by atoms with Gasteiger partial charge >= 0.3 is 0 Å². The van der Waals surface area contributed by atoms with Gasteiger partial charge in [0, 0.05) is 14.1 Å². The van der Waals surface area contributed by atoms with Crippen LogP contribution in [-0.2, 0) is 14.8 Å². The van der Waals surface area contributed by atoms with Gasteiger partial charge in [-0.1, -0.05) is 23.7 Å². The highest BCUT2D eigenvalue weighted by Gasteiger charge is 2.19. The predicted molar refractivity (Wildman–Crippen MR) is 92.8 cm³/mol. The number of sulfonamides is 1. The number of hydrogen-bond donors (Lipinski definition) is 1. The van der Waals surface area contributed by atoms with E-state index in [0.29, 0.717) is 0 Å². The zero-order chi connectivity index (χ0) is 18.6. The third-order valence-electron chi connectivity index (χ3n) is 3.19. The summed E-state index contributed by atoms with van der Waals surface area (Å²) in [5.41, 5.74) is 0.0367. The van der Waals surface area contributed by atoms with Crippen molar-refractivity contribution in [3.8, 4) is 5.75 Å². The lowest BCUT2D eigenvalue weighted by Gasteiger charge is -2.13. The molecule has 0 aliphatic heterocycles. The summed E-state index contributed by atoms with van der Waals surface area (Å²) in [6, 6.07) is 9.64. The van der Waals surface area contributed by atoms with Gasteiger partial charge < -0.3 is 10.1 Å². The maximum atomic E-state index is 13.5. The van der Waals surface area contributed by atoms with E-state index in [1.165, 1.54) is 50.5 Å². The van der Waals surface area contributed by atoms with Gasteiger partial charge in [0.25, 0.3) is 5.91 Å². The van der Waals surface area contributed by atoms with Crippen molar-refractivity contribution < 1.29 is 22.3 Å². The second kappa shape index (κ2) is 7.81. The van der Waals surface area contributed by atoms with Gasteiger partial charge in [0.1, 0.15) is 11.6 Å². The largest absolute Gasteiger partial charge is 0.482 e. The Balaban J connectivity index is 2.04. The first-order valence-electron chi connectivity index (χ1n) is 7.11. The molecule has 0 atom stereocenters. The molecule has 9 heteroatoms. The maximum Gasteiger partial charge on any atom is 0.262 e. The summed E-state index contributed by atoms with van der Waals surface area (Å²) in [5.74, 6) is -0.999. The Labute approximate surface area is 150 Å². The van der Waals surface area contributed by atoms with Crippen LogP contribution in [0.4, 0.5) is 10.1 Å². The minimum atomic E-state index is -3.62. The van der Waals surface area contributed by atoms with Crippen LogP contribution in [0, 0.1) is 5.82 Å². The van der Waals surface area contributed by atoms with Crippen LogP contribution in [0.15, 0.2) is 47.4 Å². The number of para-hydroxylation sites is 1. The molecular formula is C16H16ClFN2O4S. The van der Waals surface area contributed by atoms with Gasteiger partial charge in [-0.05, 0) is 30.3 Å². The van der Waals surface area contributed by atoms with E-state index in [2.05, 4.69) is 5.32 Å². The molecule has 2 rings (SSSR count). The van der Waals surface area contributed by atoms with Crippen LogP contribution in [0.1, 0.15) is 0 Å². The van der Waals surface area contributed by atoms with Crippen molar-refractivity contribution in [2.75, 3.05) is 26.0 Å². The van der Waals surface area contributed by atoms with Crippen molar-refractivity contribution in [3.05, 3.63) is 53.3 Å². The van der Waals surface area contributed by atoms with Crippen molar-refractivity contribution in [1.82, 2.24) is 4.31 Å². The molecule has 0 bridgehead atoms. The van der Waals surface area contributed by atoms with Crippen LogP contribution < -0.4 is 10.1 Å². The number of nitrogens with zero attached hydrogens (tertiary/aromatic N) is 1. The molecule has 6 nitrogen and oxygen atoms in total. The summed E-state index contributed by atoms with van der Waals surface area (Å²) in [6.45, 7) is -0.409. The quantitative estimate of drug-likeness (QED) is 0.828. The molecule has 1 amide bonds. The number of benzene rings is 2. The number of nitrogens with one attached hydrogen (secondary N) is 1. The minimum Gasteiger partial charge on any atom is -0.482 e. The van der Waals surface area contributed by atoms with E-state index < -0.39 is 28.4 Å². The van der Waals surface area contributed by atoms with Crippen LogP contribution in [0.25, 0.3) is 0 Å². The number of hydrogen-bond acceptors (Lipinski definition) is 4. The third-order valence-corrected chi connectivity index (χ3v) is 5.30. The summed E-state index contributed by atoms with van der Waals surface area (Å²) < 4.78 is 43.8. The lowest BCUT2D eigenvalue weighted by Crippen LogP contribution is -2.22. The monoisotopic (exact) mass is 386 g/mol. The van der Waals surface area contributed by atoms with Crippen LogP contribution in [-0.4, -0.2) is 39.3 Å². The van der Waals surface area contributed by atoms with Crippen LogP contribution >= 0.6 is 11.6 Å². The number of amides is 1. The standard InChI is InChI=1S/C16H16ClFN2O4S/c1-20(2)25(22,23)11-7-8-15(12(17)9-11)24-10-16(21)19-14-6-4-3-5-13(14)18/h3-9H,10H2,1-2H3,(H,19,21). The van der Waals surface area contributed by atoms with Gasteiger partial charge in [-0.15, -0.1) is 0 Å². The van der Waals surface area contributed by atoms with E-state index in [4.69, 9.17) is 16.3 Å². The number of carbonyl (C=O) groups is 1. The van der Waals surface area contributed by atoms with Crippen LogP contribution in [0.3, 0.4) is 0 Å². The van der Waals surface area contributed by atoms with E-state index in [9.17, 15) is 17.6 Å². The molecule has 25 heavy (non-hydrogen) atoms. The topological polar surface area (TPSA) is 75.7 Å². The van der Waals surface area contributed by atoms with Crippen LogP contribution in [0.2, 0.25) is 5.02 Å². The first kappa shape index (κ1) is 19.2. The molecule has 0 spiro atoms. The molecule has 0 aliphatic carbocycles. The van der Waals surface area contributed by atoms with Gasteiger partial charge in [0.2, 0.25) is 10.0 Å². The molecular weight excluding hydrogens is 371 g/mol. The smallest absolute Gasteiger partial charge is 0.262 e. The lowest BCUT2D eigenvalue weighted by molar-refractivity contribution is -0.118. The molecule has 0 aliphatic rings. The van der Waals surface area contributed by atoms with Crippen molar-refractivity contribution in [3.63, 3.8) is 0 Å². The first-order valence-corrected chi connectivity index (χ1v) is 8.93. The summed E-state index contributed by atoms with van der Waals surface area (Å²) in [4.78, 5) is 11.8. The molecule has 2 aromatic rings. The third kappa shape index (κ3) is 4.68. The molecule has 0 heterocycles. The molecule has 0 saturated carbocycles. The van der Waals surface area contributed by atoms with E-state index in [0.717, 1.165) is 4.31 Å². The number of carbonyl (C=O) groups excluding carboxylic acids is 1. The van der Waals surface area contributed by atoms with Crippen molar-refractivity contribution in [2.45, 2.75) is 4.90 Å². The summed E-state index contributed by atoms with van der Waals surface area (Å²) in [6.07, 6.45) is 0. The van der Waals surface area contributed by atoms with Gasteiger partial charge in [-0.3, -0.25) is 4.79 Å². The molecule has 2 aromatic carbocycles. The SMILES string of the molecule is CN(C)S(=O)(=O)c1ccc(OCC(=O)Nc2ccccc2F)c(Cl)c1. The summed E-state index contributed by atoms with van der Waals surface area (Å²) in [7, 11) is -0.814. The normalized spacial score (nSPS) is 11.4. The van der Waals surface area contributed by atoms with Crippen LogP contribution in [0.5, 0.6) is 5.75 Å². The first-order chi connectivity index (χ1) is 11.7. The van der Waals surface area contributed by atoms with E-state index in [-0.39, 0.29) is 21.4 Å². The number of halogens is 2.